The standard InChI is InChI=1S/C27H40N2O3Si.2BrH.Ni/c1-18-14-23(30-6)15-19(2)26(18)28-22(5)25(12-11-13-32-33(8,9)10)29-27-20(3)16-24(31-7)17-21(27)4;;;/h14-17H,11-13H2,1-10H3;2*1H;/q;;;+2/p-2. The van der Waals surface area contributed by atoms with Gasteiger partial charge in [-0.1, -0.05) is 0 Å². The number of nitrogens with zero attached hydrogens (tertiary/aromatic N) is 2. The monoisotopic (exact) mass is 684 g/mol. The summed E-state index contributed by atoms with van der Waals surface area (Å²) in [7, 11) is 3.09. The first-order valence-electron chi connectivity index (χ1n) is 11.8. The Morgan fingerprint density at radius 1 is 0.806 bits per heavy atom. The van der Waals surface area contributed by atoms with Crippen LogP contribution in [0.3, 0.4) is 0 Å². The van der Waals surface area contributed by atoms with Gasteiger partial charge in [-0.2, -0.15) is 0 Å². The first kappa shape index (κ1) is 33.0. The van der Waals surface area contributed by atoms with Crippen LogP contribution in [0.2, 0.25) is 19.6 Å². The van der Waals surface area contributed by atoms with Crippen molar-refractivity contribution in [2.24, 2.45) is 9.98 Å². The Balaban J connectivity index is 0.00000205. The van der Waals surface area contributed by atoms with Crippen molar-refractivity contribution in [3.8, 4) is 11.5 Å². The van der Waals surface area contributed by atoms with Crippen molar-refractivity contribution in [2.75, 3.05) is 20.8 Å². The topological polar surface area (TPSA) is 52.4 Å². The molecule has 0 radical (unpaired) electrons. The molecule has 0 aliphatic carbocycles. The van der Waals surface area contributed by atoms with Crippen LogP contribution in [0, 0.1) is 27.7 Å². The van der Waals surface area contributed by atoms with Crippen LogP contribution in [0.15, 0.2) is 34.3 Å². The molecule has 5 nitrogen and oxygen atoms in total. The second kappa shape index (κ2) is 16.1. The van der Waals surface area contributed by atoms with E-state index in [1.807, 2.05) is 24.3 Å². The van der Waals surface area contributed by atoms with E-state index in [0.29, 0.717) is 0 Å². The summed E-state index contributed by atoms with van der Waals surface area (Å²) in [6.07, 6.45) is 1.71. The van der Waals surface area contributed by atoms with E-state index in [1.54, 1.807) is 14.2 Å². The molecule has 2 aromatic carbocycles. The molecule has 204 valence electrons. The van der Waals surface area contributed by atoms with Crippen LogP contribution in [-0.4, -0.2) is 40.6 Å². The van der Waals surface area contributed by atoms with Crippen molar-refractivity contribution in [1.29, 1.82) is 0 Å². The fourth-order valence-corrected chi connectivity index (χ4v) is 4.48. The second-order valence-electron chi connectivity index (χ2n) is 9.58. The van der Waals surface area contributed by atoms with Crippen LogP contribution < -0.4 is 9.47 Å². The maximum absolute atomic E-state index is 6.08. The third-order valence-electron chi connectivity index (χ3n) is 5.44. The molecule has 0 aliphatic heterocycles. The van der Waals surface area contributed by atoms with Crippen molar-refractivity contribution in [2.45, 2.75) is 67.1 Å². The van der Waals surface area contributed by atoms with Crippen molar-refractivity contribution >= 4 is 59.6 Å². The summed E-state index contributed by atoms with van der Waals surface area (Å²) in [5.41, 5.74) is 8.22. The molecule has 9 heteroatoms. The van der Waals surface area contributed by atoms with Gasteiger partial charge in [0.15, 0.2) is 8.32 Å². The number of aryl methyl sites for hydroxylation is 4. The van der Waals surface area contributed by atoms with Gasteiger partial charge >= 0.3 is 39.3 Å². The van der Waals surface area contributed by atoms with Gasteiger partial charge in [0.25, 0.3) is 0 Å². The number of methoxy groups -OCH3 is 2. The molecule has 0 saturated carbocycles. The molecule has 0 unspecified atom stereocenters. The Morgan fingerprint density at radius 2 is 1.19 bits per heavy atom. The first-order valence-corrected chi connectivity index (χ1v) is 20.1. The summed E-state index contributed by atoms with van der Waals surface area (Å²) in [6, 6.07) is 8.11. The van der Waals surface area contributed by atoms with Gasteiger partial charge in [-0.15, -0.1) is 0 Å². The van der Waals surface area contributed by atoms with Crippen LogP contribution in [-0.2, 0) is 15.3 Å². The Morgan fingerprint density at radius 3 is 1.56 bits per heavy atom. The zero-order chi connectivity index (χ0) is 27.5. The maximum atomic E-state index is 6.08. The fourth-order valence-electron chi connectivity index (χ4n) is 3.72. The van der Waals surface area contributed by atoms with E-state index in [2.05, 4.69) is 82.7 Å². The molecule has 36 heavy (non-hydrogen) atoms. The Hall–Kier alpha value is -0.990. The number of benzene rings is 2. The molecular weight excluding hydrogens is 647 g/mol. The van der Waals surface area contributed by atoms with Crippen LogP contribution in [0.5, 0.6) is 11.5 Å². The van der Waals surface area contributed by atoms with Crippen LogP contribution in [0.1, 0.15) is 42.0 Å². The predicted octanol–water partition coefficient (Wildman–Crippen LogP) is 9.12. The van der Waals surface area contributed by atoms with Gasteiger partial charge in [0.05, 0.1) is 37.0 Å². The normalized spacial score (nSPS) is 12.3. The fraction of sp³-hybridized carbons (Fsp3) is 0.481. The number of halogens is 2. The summed E-state index contributed by atoms with van der Waals surface area (Å²) in [6.45, 7) is 17.7. The third kappa shape index (κ3) is 11.2. The molecule has 0 aromatic heterocycles. The molecule has 2 rings (SSSR count). The van der Waals surface area contributed by atoms with Crippen LogP contribution in [0.25, 0.3) is 0 Å². The molecule has 0 N–H and O–H groups in total. The number of aliphatic imine (C=N–C) groups is 2. The van der Waals surface area contributed by atoms with Crippen LogP contribution in [0.4, 0.5) is 11.4 Å². The number of hydrogen-bond acceptors (Lipinski definition) is 5. The molecule has 0 spiro atoms. The zero-order valence-electron chi connectivity index (χ0n) is 23.1. The minimum absolute atomic E-state index is 0.739. The van der Waals surface area contributed by atoms with Crippen molar-refractivity contribution < 1.29 is 24.8 Å². The van der Waals surface area contributed by atoms with Gasteiger partial charge in [0.2, 0.25) is 0 Å². The predicted molar refractivity (Wildman–Crippen MR) is 161 cm³/mol. The van der Waals surface area contributed by atoms with E-state index in [-0.39, 0.29) is 0 Å². The summed E-state index contributed by atoms with van der Waals surface area (Å²) in [4.78, 5) is 10.1. The molecule has 2 aromatic rings. The third-order valence-corrected chi connectivity index (χ3v) is 6.51. The summed E-state index contributed by atoms with van der Waals surface area (Å²) < 4.78 is 16.9. The number of ether oxygens (including phenoxy) is 2. The van der Waals surface area contributed by atoms with Gasteiger partial charge in [-0.25, -0.2) is 0 Å². The average Bonchev–Trinajstić information content (AvgIpc) is 2.79. The molecule has 0 aliphatic rings. The summed E-state index contributed by atoms with van der Waals surface area (Å²) in [5, 5.41) is 0. The van der Waals surface area contributed by atoms with Crippen molar-refractivity contribution in [1.82, 2.24) is 0 Å². The molecule has 0 fully saturated rings. The molecule has 0 saturated heterocycles. The van der Waals surface area contributed by atoms with Gasteiger partial charge in [-0.3, -0.25) is 9.98 Å². The number of rotatable bonds is 10. The van der Waals surface area contributed by atoms with Crippen molar-refractivity contribution in [3.63, 3.8) is 0 Å². The molecule has 0 atom stereocenters. The molecule has 0 bridgehead atoms. The molecule has 0 heterocycles. The average molecular weight is 687 g/mol. The molecular formula is C27H40Br2N2NiO3Si. The summed E-state index contributed by atoms with van der Waals surface area (Å²) >= 11 is 6.00. The zero-order valence-corrected chi connectivity index (χ0v) is 28.3. The van der Waals surface area contributed by atoms with E-state index in [4.69, 9.17) is 23.9 Å². The van der Waals surface area contributed by atoms with Gasteiger partial charge in [0, 0.05) is 6.61 Å². The minimum atomic E-state index is -1.54. The molecule has 0 amide bonds. The SMILES string of the molecule is COc1cc(C)c(N=C(C)C(CCCO[Si](C)(C)C)=Nc2c(C)cc(OC)cc2C)c(C)c1.[Br][Ni][Br]. The number of hydrogen-bond donors (Lipinski definition) is 0. The second-order valence-corrected chi connectivity index (χ2v) is 19.1. The Labute approximate surface area is 239 Å². The van der Waals surface area contributed by atoms with E-state index >= 15 is 0 Å². The van der Waals surface area contributed by atoms with E-state index in [1.165, 1.54) is 10.9 Å². The van der Waals surface area contributed by atoms with Crippen molar-refractivity contribution in [3.05, 3.63) is 46.5 Å². The van der Waals surface area contributed by atoms with E-state index in [9.17, 15) is 0 Å². The Bertz CT molecular complexity index is 1020. The van der Waals surface area contributed by atoms with Crippen LogP contribution >= 0.6 is 28.5 Å². The van der Waals surface area contributed by atoms with E-state index in [0.717, 1.165) is 76.0 Å². The first-order chi connectivity index (χ1) is 16.9. The summed E-state index contributed by atoms with van der Waals surface area (Å²) in [5.74, 6) is 1.70. The van der Waals surface area contributed by atoms with Gasteiger partial charge in [0.1, 0.15) is 11.5 Å². The van der Waals surface area contributed by atoms with E-state index < -0.39 is 8.32 Å². The van der Waals surface area contributed by atoms with Gasteiger partial charge in [-0.05, 0) is 114 Å². The quantitative estimate of drug-likeness (QED) is 0.142. The van der Waals surface area contributed by atoms with Gasteiger partial charge < -0.3 is 13.9 Å². The Kier molecular flexibility index (Phi) is 14.8.